The second-order valence-corrected chi connectivity index (χ2v) is 12.5. The van der Waals surface area contributed by atoms with E-state index in [0.29, 0.717) is 13.2 Å². The summed E-state index contributed by atoms with van der Waals surface area (Å²) in [6.45, 7) is 0.890. The number of anilines is 2. The van der Waals surface area contributed by atoms with Crippen molar-refractivity contribution in [2.45, 2.75) is 24.9 Å². The molecule has 2 heterocycles. The van der Waals surface area contributed by atoms with Crippen LogP contribution >= 0.6 is 0 Å². The van der Waals surface area contributed by atoms with Gasteiger partial charge in [-0.3, -0.25) is 10.0 Å². The molecule has 8 rings (SSSR count). The molecule has 0 aromatic heterocycles. The summed E-state index contributed by atoms with van der Waals surface area (Å²) in [6, 6.07) is 58.6. The molecule has 2 atom stereocenters. The third kappa shape index (κ3) is 6.87. The van der Waals surface area contributed by atoms with E-state index in [-0.39, 0.29) is 12.1 Å². The van der Waals surface area contributed by atoms with Crippen LogP contribution in [0.2, 0.25) is 0 Å². The van der Waals surface area contributed by atoms with E-state index in [2.05, 4.69) is 131 Å². The lowest BCUT2D eigenvalue weighted by Crippen LogP contribution is -2.18. The van der Waals surface area contributed by atoms with Gasteiger partial charge in [-0.15, -0.1) is 0 Å². The number of para-hydroxylation sites is 2. The minimum atomic E-state index is 0.105. The van der Waals surface area contributed by atoms with Crippen LogP contribution in [0.4, 0.5) is 11.4 Å². The highest BCUT2D eigenvalue weighted by Crippen LogP contribution is 2.38. The van der Waals surface area contributed by atoms with Crippen molar-refractivity contribution in [1.82, 2.24) is 0 Å². The fourth-order valence-electron chi connectivity index (χ4n) is 6.68. The number of nitrogens with zero attached hydrogens (tertiary/aromatic N) is 4. The van der Waals surface area contributed by atoms with Gasteiger partial charge in [-0.05, 0) is 70.8 Å². The molecule has 0 saturated carbocycles. The van der Waals surface area contributed by atoms with E-state index < -0.39 is 0 Å². The molecule has 0 saturated heterocycles. The van der Waals surface area contributed by atoms with Crippen molar-refractivity contribution in [2.24, 2.45) is 10.2 Å². The minimum absolute atomic E-state index is 0.105. The van der Waals surface area contributed by atoms with Crippen molar-refractivity contribution < 1.29 is 9.47 Å². The molecule has 0 aliphatic carbocycles. The van der Waals surface area contributed by atoms with E-state index in [1.807, 2.05) is 48.5 Å². The molecule has 0 fully saturated rings. The van der Waals surface area contributed by atoms with Crippen molar-refractivity contribution in [1.29, 1.82) is 0 Å². The first-order chi connectivity index (χ1) is 24.8. The molecule has 6 nitrogen and oxygen atoms in total. The van der Waals surface area contributed by atoms with Gasteiger partial charge >= 0.3 is 0 Å². The molecule has 0 radical (unpaired) electrons. The Labute approximate surface area is 293 Å². The van der Waals surface area contributed by atoms with Gasteiger partial charge in [-0.2, -0.15) is 10.2 Å². The Morgan fingerprint density at radius 2 is 0.760 bits per heavy atom. The largest absolute Gasteiger partial charge is 0.490 e. The maximum atomic E-state index is 6.08. The van der Waals surface area contributed by atoms with E-state index in [4.69, 9.17) is 19.7 Å². The van der Waals surface area contributed by atoms with Gasteiger partial charge in [0.15, 0.2) is 0 Å². The van der Waals surface area contributed by atoms with Gasteiger partial charge in [0.1, 0.15) is 24.7 Å². The summed E-state index contributed by atoms with van der Waals surface area (Å²) in [5.74, 6) is 1.63. The SMILES string of the molecule is c1ccc(C2=NN(c3ccccc3)C(c3ccc(OCCOc4ccc(C5CC(c6ccccc6)=NN5c5ccccc5)cc4)cc3)C2)cc1. The maximum absolute atomic E-state index is 6.08. The summed E-state index contributed by atoms with van der Waals surface area (Å²) >= 11 is 0. The van der Waals surface area contributed by atoms with Crippen molar-refractivity contribution >= 4 is 22.8 Å². The van der Waals surface area contributed by atoms with Gasteiger partial charge in [-0.1, -0.05) is 121 Å². The van der Waals surface area contributed by atoms with Crippen LogP contribution in [0.3, 0.4) is 0 Å². The lowest BCUT2D eigenvalue weighted by atomic mass is 9.98. The Morgan fingerprint density at radius 1 is 0.420 bits per heavy atom. The predicted molar refractivity (Wildman–Crippen MR) is 202 cm³/mol. The molecule has 6 heteroatoms. The fraction of sp³-hybridized carbons (Fsp3) is 0.136. The Hall–Kier alpha value is -6.14. The summed E-state index contributed by atoms with van der Waals surface area (Å²) in [6.07, 6.45) is 1.66. The van der Waals surface area contributed by atoms with E-state index >= 15 is 0 Å². The van der Waals surface area contributed by atoms with Gasteiger partial charge in [0.25, 0.3) is 0 Å². The average Bonchev–Trinajstić information content (AvgIpc) is 3.85. The third-order valence-electron chi connectivity index (χ3n) is 9.23. The maximum Gasteiger partial charge on any atom is 0.122 e. The smallest absolute Gasteiger partial charge is 0.122 e. The summed E-state index contributed by atoms with van der Waals surface area (Å²) < 4.78 is 12.2. The standard InChI is InChI=1S/C44H38N4O2/c1-5-13-33(14-6-1)41-31-43(47(45-41)37-17-9-3-10-18-37)35-21-25-39(26-22-35)49-29-30-50-40-27-23-36(24-28-40)44-32-42(34-15-7-2-8-16-34)46-48(44)38-19-11-4-12-20-38/h1-28,43-44H,29-32H2. The second-order valence-electron chi connectivity index (χ2n) is 12.5. The molecule has 0 bridgehead atoms. The van der Waals surface area contributed by atoms with Gasteiger partial charge in [0.2, 0.25) is 0 Å². The highest BCUT2D eigenvalue weighted by molar-refractivity contribution is 6.04. The first-order valence-corrected chi connectivity index (χ1v) is 17.2. The number of ether oxygens (including phenoxy) is 2. The van der Waals surface area contributed by atoms with E-state index in [1.54, 1.807) is 0 Å². The molecule has 6 aromatic rings. The van der Waals surface area contributed by atoms with Crippen molar-refractivity contribution in [3.63, 3.8) is 0 Å². The number of hydrazone groups is 2. The van der Waals surface area contributed by atoms with E-state index in [9.17, 15) is 0 Å². The van der Waals surface area contributed by atoms with Crippen LogP contribution in [-0.4, -0.2) is 24.6 Å². The number of hydrogen-bond donors (Lipinski definition) is 0. The van der Waals surface area contributed by atoms with Gasteiger partial charge < -0.3 is 9.47 Å². The second kappa shape index (κ2) is 14.5. The number of rotatable bonds is 11. The average molecular weight is 655 g/mol. The monoisotopic (exact) mass is 654 g/mol. The van der Waals surface area contributed by atoms with E-state index in [1.165, 1.54) is 11.1 Å². The van der Waals surface area contributed by atoms with Crippen molar-refractivity contribution in [2.75, 3.05) is 23.2 Å². The molecule has 2 unspecified atom stereocenters. The van der Waals surface area contributed by atoms with Crippen LogP contribution in [0.5, 0.6) is 11.5 Å². The molecule has 0 N–H and O–H groups in total. The van der Waals surface area contributed by atoms with Gasteiger partial charge in [0.05, 0.1) is 34.9 Å². The van der Waals surface area contributed by atoms with Crippen LogP contribution in [0.1, 0.15) is 47.2 Å². The van der Waals surface area contributed by atoms with Crippen LogP contribution in [0, 0.1) is 0 Å². The summed E-state index contributed by atoms with van der Waals surface area (Å²) in [4.78, 5) is 0. The first-order valence-electron chi connectivity index (χ1n) is 17.2. The fourth-order valence-corrected chi connectivity index (χ4v) is 6.68. The summed E-state index contributed by atoms with van der Waals surface area (Å²) in [5.41, 5.74) is 9.04. The van der Waals surface area contributed by atoms with Crippen LogP contribution in [-0.2, 0) is 0 Å². The van der Waals surface area contributed by atoms with Crippen LogP contribution in [0.15, 0.2) is 180 Å². The predicted octanol–water partition coefficient (Wildman–Crippen LogP) is 9.86. The van der Waals surface area contributed by atoms with E-state index in [0.717, 1.165) is 58.3 Å². The molecule has 50 heavy (non-hydrogen) atoms. The zero-order chi connectivity index (χ0) is 33.5. The topological polar surface area (TPSA) is 49.7 Å². The molecule has 2 aliphatic heterocycles. The summed E-state index contributed by atoms with van der Waals surface area (Å²) in [7, 11) is 0. The lowest BCUT2D eigenvalue weighted by molar-refractivity contribution is 0.217. The Bertz CT molecular complexity index is 1900. The molecular formula is C44H38N4O2. The molecule has 0 spiro atoms. The summed E-state index contributed by atoms with van der Waals surface area (Å²) in [5, 5.41) is 14.4. The Kier molecular flexibility index (Phi) is 9.06. The van der Waals surface area contributed by atoms with Crippen LogP contribution in [0.25, 0.3) is 0 Å². The van der Waals surface area contributed by atoms with Crippen LogP contribution < -0.4 is 19.5 Å². The van der Waals surface area contributed by atoms with Gasteiger partial charge in [0, 0.05) is 12.8 Å². The third-order valence-corrected chi connectivity index (χ3v) is 9.23. The molecule has 0 amide bonds. The van der Waals surface area contributed by atoms with Crippen molar-refractivity contribution in [3.05, 3.63) is 192 Å². The number of benzene rings is 6. The number of hydrogen-bond acceptors (Lipinski definition) is 6. The Morgan fingerprint density at radius 3 is 1.12 bits per heavy atom. The zero-order valence-electron chi connectivity index (χ0n) is 27.8. The normalized spacial score (nSPS) is 17.0. The van der Waals surface area contributed by atoms with Gasteiger partial charge in [-0.25, -0.2) is 0 Å². The molecule has 246 valence electrons. The zero-order valence-corrected chi connectivity index (χ0v) is 27.8. The highest BCUT2D eigenvalue weighted by Gasteiger charge is 2.31. The molecule has 6 aromatic carbocycles. The minimum Gasteiger partial charge on any atom is -0.490 e. The lowest BCUT2D eigenvalue weighted by Gasteiger charge is -2.24. The Balaban J connectivity index is 0.877. The highest BCUT2D eigenvalue weighted by atomic mass is 16.5. The van der Waals surface area contributed by atoms with Crippen molar-refractivity contribution in [3.8, 4) is 11.5 Å². The first kappa shape index (κ1) is 31.1. The quantitative estimate of drug-likeness (QED) is 0.131. The molecular weight excluding hydrogens is 617 g/mol. The molecule has 2 aliphatic rings.